The molecule has 0 saturated heterocycles. The van der Waals surface area contributed by atoms with Crippen molar-refractivity contribution in [1.29, 1.82) is 5.41 Å². The molecule has 0 radical (unpaired) electrons. The highest BCUT2D eigenvalue weighted by atomic mass is 16.4. The van der Waals surface area contributed by atoms with Crippen LogP contribution in [0.15, 0.2) is 24.3 Å². The largest absolute Gasteiger partial charge is 0.480 e. The molecule has 0 unspecified atom stereocenters. The van der Waals surface area contributed by atoms with E-state index in [4.69, 9.17) is 16.2 Å². The topological polar surface area (TPSA) is 113 Å². The third-order valence-electron chi connectivity index (χ3n) is 1.50. The van der Waals surface area contributed by atoms with Gasteiger partial charge in [0.1, 0.15) is 5.84 Å². The number of aliphatic carboxylic acids is 1. The molecule has 0 spiro atoms. The molecule has 5 heteroatoms. The minimum absolute atomic E-state index is 0.128. The fourth-order valence-electron chi connectivity index (χ4n) is 0.813. The zero-order valence-electron chi connectivity index (χ0n) is 8.53. The lowest BCUT2D eigenvalue weighted by atomic mass is 10.1. The Morgan fingerprint density at radius 2 is 2.07 bits per heavy atom. The van der Waals surface area contributed by atoms with Crippen molar-refractivity contribution in [2.24, 2.45) is 11.5 Å². The predicted molar refractivity (Wildman–Crippen MR) is 58.9 cm³/mol. The first-order valence-corrected chi connectivity index (χ1v) is 4.30. The molecule has 82 valence electrons. The number of carboxylic acid groups (broad SMARTS) is 1. The van der Waals surface area contributed by atoms with Crippen LogP contribution in [-0.2, 0) is 4.79 Å². The Labute approximate surface area is 88.2 Å². The molecule has 0 aliphatic rings. The zero-order valence-corrected chi connectivity index (χ0v) is 8.53. The van der Waals surface area contributed by atoms with Crippen LogP contribution in [-0.4, -0.2) is 23.5 Å². The fraction of sp³-hybridized carbons (Fsp3) is 0.200. The van der Waals surface area contributed by atoms with Crippen molar-refractivity contribution in [3.8, 4) is 0 Å². The molecule has 1 aromatic carbocycles. The molecule has 15 heavy (non-hydrogen) atoms. The molecule has 0 amide bonds. The number of nitrogens with one attached hydrogen (secondary N) is 1. The van der Waals surface area contributed by atoms with Crippen LogP contribution in [0.4, 0.5) is 0 Å². The second-order valence-corrected chi connectivity index (χ2v) is 2.88. The van der Waals surface area contributed by atoms with Gasteiger partial charge in [0.05, 0.1) is 6.54 Å². The van der Waals surface area contributed by atoms with Crippen molar-refractivity contribution < 1.29 is 9.90 Å². The summed E-state index contributed by atoms with van der Waals surface area (Å²) in [6.45, 7) is 1.70. The highest BCUT2D eigenvalue weighted by molar-refractivity contribution is 5.94. The summed E-state index contributed by atoms with van der Waals surface area (Å²) >= 11 is 0. The van der Waals surface area contributed by atoms with Crippen molar-refractivity contribution in [1.82, 2.24) is 0 Å². The first-order valence-electron chi connectivity index (χ1n) is 4.30. The van der Waals surface area contributed by atoms with Gasteiger partial charge in [0, 0.05) is 5.56 Å². The second kappa shape index (κ2) is 6.56. The maximum Gasteiger partial charge on any atom is 0.317 e. The Kier molecular flexibility index (Phi) is 5.73. The van der Waals surface area contributed by atoms with E-state index in [1.807, 2.05) is 31.2 Å². The number of carbonyl (C=O) groups is 1. The summed E-state index contributed by atoms with van der Waals surface area (Å²) in [4.78, 5) is 9.24. The molecule has 0 aromatic heterocycles. The number of hydrogen-bond acceptors (Lipinski definition) is 3. The van der Waals surface area contributed by atoms with Crippen LogP contribution in [0.5, 0.6) is 0 Å². The number of amidine groups is 1. The number of nitrogen functional groups attached to an aromatic ring is 1. The van der Waals surface area contributed by atoms with E-state index in [0.717, 1.165) is 11.1 Å². The summed E-state index contributed by atoms with van der Waals surface area (Å²) in [6.07, 6.45) is 0. The monoisotopic (exact) mass is 209 g/mol. The smallest absolute Gasteiger partial charge is 0.317 e. The first-order chi connectivity index (χ1) is 6.97. The summed E-state index contributed by atoms with van der Waals surface area (Å²) in [5.41, 5.74) is 11.8. The molecule has 0 atom stereocenters. The van der Waals surface area contributed by atoms with Crippen LogP contribution in [0.25, 0.3) is 0 Å². The number of rotatable bonds is 2. The summed E-state index contributed by atoms with van der Waals surface area (Å²) in [5.74, 6) is -0.839. The second-order valence-electron chi connectivity index (χ2n) is 2.88. The number of carboxylic acids is 1. The standard InChI is InChI=1S/C8H10N2.C2H5NO2/c1-6-3-2-4-7(5-6)8(9)10;3-1-2(4)5/h2-5H,1H3,(H3,9,10);1,3H2,(H,4,5). The van der Waals surface area contributed by atoms with Gasteiger partial charge in [-0.25, -0.2) is 0 Å². The van der Waals surface area contributed by atoms with Crippen LogP contribution in [0.3, 0.4) is 0 Å². The quantitative estimate of drug-likeness (QED) is 0.414. The van der Waals surface area contributed by atoms with E-state index in [2.05, 4.69) is 5.73 Å². The summed E-state index contributed by atoms with van der Waals surface area (Å²) in [7, 11) is 0. The highest BCUT2D eigenvalue weighted by Gasteiger charge is 1.93. The van der Waals surface area contributed by atoms with E-state index in [0.29, 0.717) is 0 Å². The molecular formula is C10H15N3O2. The molecule has 1 rings (SSSR count). The van der Waals surface area contributed by atoms with Crippen LogP contribution in [0, 0.1) is 12.3 Å². The number of benzene rings is 1. The van der Waals surface area contributed by atoms with E-state index < -0.39 is 5.97 Å². The number of aryl methyl sites for hydroxylation is 1. The minimum Gasteiger partial charge on any atom is -0.480 e. The van der Waals surface area contributed by atoms with Crippen molar-refractivity contribution in [3.63, 3.8) is 0 Å². The fourth-order valence-corrected chi connectivity index (χ4v) is 0.813. The van der Waals surface area contributed by atoms with Gasteiger partial charge in [0.2, 0.25) is 0 Å². The van der Waals surface area contributed by atoms with E-state index in [1.54, 1.807) is 0 Å². The van der Waals surface area contributed by atoms with Crippen molar-refractivity contribution in [3.05, 3.63) is 35.4 Å². The molecule has 5 nitrogen and oxygen atoms in total. The third-order valence-corrected chi connectivity index (χ3v) is 1.50. The summed E-state index contributed by atoms with van der Waals surface area (Å²) < 4.78 is 0. The van der Waals surface area contributed by atoms with Gasteiger partial charge in [0.15, 0.2) is 0 Å². The molecule has 0 heterocycles. The minimum atomic E-state index is -0.968. The molecule has 0 bridgehead atoms. The normalized spacial score (nSPS) is 8.67. The Morgan fingerprint density at radius 3 is 2.33 bits per heavy atom. The van der Waals surface area contributed by atoms with Gasteiger partial charge in [-0.15, -0.1) is 0 Å². The Hall–Kier alpha value is -1.88. The number of nitrogens with two attached hydrogens (primary N) is 2. The van der Waals surface area contributed by atoms with Crippen molar-refractivity contribution in [2.45, 2.75) is 6.92 Å². The van der Waals surface area contributed by atoms with Crippen LogP contribution >= 0.6 is 0 Å². The maximum atomic E-state index is 9.24. The van der Waals surface area contributed by atoms with E-state index >= 15 is 0 Å². The molecule has 0 saturated carbocycles. The molecule has 1 aromatic rings. The molecule has 6 N–H and O–H groups in total. The third kappa shape index (κ3) is 6.23. The summed E-state index contributed by atoms with van der Waals surface area (Å²) in [5, 5.41) is 14.7. The van der Waals surface area contributed by atoms with Gasteiger partial charge in [-0.1, -0.05) is 23.8 Å². The maximum absolute atomic E-state index is 9.24. The van der Waals surface area contributed by atoms with Crippen LogP contribution in [0.2, 0.25) is 0 Å². The highest BCUT2D eigenvalue weighted by Crippen LogP contribution is 2.01. The van der Waals surface area contributed by atoms with Crippen LogP contribution in [0.1, 0.15) is 11.1 Å². The average molecular weight is 209 g/mol. The van der Waals surface area contributed by atoms with Crippen molar-refractivity contribution >= 4 is 11.8 Å². The lowest BCUT2D eigenvalue weighted by molar-refractivity contribution is -0.135. The van der Waals surface area contributed by atoms with Gasteiger partial charge in [-0.05, 0) is 13.0 Å². The van der Waals surface area contributed by atoms with Crippen molar-refractivity contribution in [2.75, 3.05) is 6.54 Å². The Morgan fingerprint density at radius 1 is 1.53 bits per heavy atom. The predicted octanol–water partition coefficient (Wildman–Crippen LogP) is 0.309. The number of hydrogen-bond donors (Lipinski definition) is 4. The zero-order chi connectivity index (χ0) is 11.8. The van der Waals surface area contributed by atoms with Gasteiger partial charge in [0.25, 0.3) is 0 Å². The molecule has 0 aliphatic carbocycles. The lowest BCUT2D eigenvalue weighted by Crippen LogP contribution is -2.10. The van der Waals surface area contributed by atoms with E-state index in [-0.39, 0.29) is 12.4 Å². The lowest BCUT2D eigenvalue weighted by Gasteiger charge is -1.97. The average Bonchev–Trinajstić information content (AvgIpc) is 2.18. The Balaban J connectivity index is 0.000000336. The van der Waals surface area contributed by atoms with Gasteiger partial charge < -0.3 is 16.6 Å². The SMILES string of the molecule is Cc1cccc(C(=N)N)c1.NCC(=O)O. The van der Waals surface area contributed by atoms with Gasteiger partial charge >= 0.3 is 5.97 Å². The summed E-state index contributed by atoms with van der Waals surface area (Å²) in [6, 6.07) is 7.59. The van der Waals surface area contributed by atoms with Gasteiger partial charge in [-0.3, -0.25) is 10.2 Å². The molecule has 0 fully saturated rings. The Bertz CT molecular complexity index is 350. The van der Waals surface area contributed by atoms with E-state index in [1.165, 1.54) is 0 Å². The first kappa shape index (κ1) is 13.1. The molecular weight excluding hydrogens is 194 g/mol. The van der Waals surface area contributed by atoms with Crippen LogP contribution < -0.4 is 11.5 Å². The van der Waals surface area contributed by atoms with E-state index in [9.17, 15) is 4.79 Å². The van der Waals surface area contributed by atoms with Gasteiger partial charge in [-0.2, -0.15) is 0 Å². The molecule has 0 aliphatic heterocycles.